The van der Waals surface area contributed by atoms with E-state index in [1.165, 1.54) is 12.1 Å². The predicted octanol–water partition coefficient (Wildman–Crippen LogP) is 1.22. The average molecular weight is 349 g/mol. The Morgan fingerprint density at radius 1 is 1.32 bits per heavy atom. The first-order valence-corrected chi connectivity index (χ1v) is 9.11. The number of nitrogens with one attached hydrogen (secondary N) is 1. The van der Waals surface area contributed by atoms with E-state index in [0.29, 0.717) is 32.7 Å². The summed E-state index contributed by atoms with van der Waals surface area (Å²) in [7, 11) is 0. The molecule has 0 spiro atoms. The van der Waals surface area contributed by atoms with E-state index in [4.69, 9.17) is 0 Å². The number of carbonyl (C=O) groups is 1. The van der Waals surface area contributed by atoms with Crippen LogP contribution in [0.25, 0.3) is 0 Å². The van der Waals surface area contributed by atoms with Crippen molar-refractivity contribution in [2.45, 2.75) is 32.4 Å². The number of piperidine rings is 1. The second kappa shape index (κ2) is 7.81. The first kappa shape index (κ1) is 18.3. The summed E-state index contributed by atoms with van der Waals surface area (Å²) in [5, 5.41) is 13.7. The van der Waals surface area contributed by atoms with Crippen molar-refractivity contribution in [3.63, 3.8) is 0 Å². The van der Waals surface area contributed by atoms with Gasteiger partial charge in [-0.1, -0.05) is 19.1 Å². The van der Waals surface area contributed by atoms with E-state index in [1.807, 2.05) is 17.9 Å². The molecule has 2 saturated heterocycles. The second-order valence-electron chi connectivity index (χ2n) is 7.58. The Hall–Kier alpha value is -1.50. The molecule has 2 aliphatic rings. The molecule has 25 heavy (non-hydrogen) atoms. The molecule has 2 heterocycles. The van der Waals surface area contributed by atoms with Crippen LogP contribution < -0.4 is 5.32 Å². The molecule has 6 heteroatoms. The molecule has 1 atom stereocenters. The van der Waals surface area contributed by atoms with Gasteiger partial charge in [0, 0.05) is 38.1 Å². The number of nitrogens with zero attached hydrogens (tertiary/aromatic N) is 2. The van der Waals surface area contributed by atoms with Gasteiger partial charge in [0.25, 0.3) is 0 Å². The maximum absolute atomic E-state index is 13.4. The number of benzene rings is 1. The average Bonchev–Trinajstić information content (AvgIpc) is 2.76. The molecular formula is C19H28FN3O2. The molecule has 2 aliphatic heterocycles. The van der Waals surface area contributed by atoms with Gasteiger partial charge >= 0.3 is 0 Å². The van der Waals surface area contributed by atoms with E-state index in [2.05, 4.69) is 10.2 Å². The summed E-state index contributed by atoms with van der Waals surface area (Å²) in [4.78, 5) is 16.9. The van der Waals surface area contributed by atoms with Crippen molar-refractivity contribution in [3.8, 4) is 0 Å². The van der Waals surface area contributed by atoms with Gasteiger partial charge in [-0.15, -0.1) is 0 Å². The standard InChI is InChI=1S/C19H28FN3O2/c1-19(5-7-21-8-6-19)18(25)23-10-9-22(13-17(24)14-23)12-15-3-2-4-16(20)11-15/h2-4,11,17,21,24H,5-10,12-14H2,1H3/t17-/m0/s1. The van der Waals surface area contributed by atoms with E-state index < -0.39 is 6.10 Å². The Balaban J connectivity index is 1.63. The highest BCUT2D eigenvalue weighted by Gasteiger charge is 2.39. The first-order chi connectivity index (χ1) is 12.0. The number of hydrogen-bond donors (Lipinski definition) is 2. The van der Waals surface area contributed by atoms with Gasteiger partial charge in [-0.3, -0.25) is 9.69 Å². The second-order valence-corrected chi connectivity index (χ2v) is 7.58. The molecule has 0 unspecified atom stereocenters. The summed E-state index contributed by atoms with van der Waals surface area (Å²) in [6, 6.07) is 6.54. The van der Waals surface area contributed by atoms with Gasteiger partial charge < -0.3 is 15.3 Å². The molecule has 0 aromatic heterocycles. The fourth-order valence-corrected chi connectivity index (χ4v) is 3.85. The molecule has 1 aromatic carbocycles. The van der Waals surface area contributed by atoms with Crippen LogP contribution in [0.3, 0.4) is 0 Å². The lowest BCUT2D eigenvalue weighted by Gasteiger charge is -2.37. The highest BCUT2D eigenvalue weighted by Crippen LogP contribution is 2.30. The molecule has 2 N–H and O–H groups in total. The minimum atomic E-state index is -0.578. The van der Waals surface area contributed by atoms with Crippen molar-refractivity contribution in [2.75, 3.05) is 39.3 Å². The number of aliphatic hydroxyl groups is 1. The quantitative estimate of drug-likeness (QED) is 0.862. The van der Waals surface area contributed by atoms with E-state index in [1.54, 1.807) is 6.07 Å². The van der Waals surface area contributed by atoms with Crippen molar-refractivity contribution in [1.82, 2.24) is 15.1 Å². The number of aliphatic hydroxyl groups excluding tert-OH is 1. The Labute approximate surface area is 148 Å². The normalized spacial score (nSPS) is 24.8. The minimum absolute atomic E-state index is 0.153. The molecule has 2 fully saturated rings. The molecule has 0 bridgehead atoms. The lowest BCUT2D eigenvalue weighted by molar-refractivity contribution is -0.143. The molecule has 138 valence electrons. The zero-order chi connectivity index (χ0) is 17.9. The van der Waals surface area contributed by atoms with Crippen LogP contribution in [0, 0.1) is 11.2 Å². The molecule has 0 radical (unpaired) electrons. The molecule has 3 rings (SSSR count). The molecular weight excluding hydrogens is 321 g/mol. The smallest absolute Gasteiger partial charge is 0.228 e. The Morgan fingerprint density at radius 2 is 2.08 bits per heavy atom. The van der Waals surface area contributed by atoms with E-state index >= 15 is 0 Å². The Bertz CT molecular complexity index is 604. The Kier molecular flexibility index (Phi) is 5.71. The lowest BCUT2D eigenvalue weighted by Crippen LogP contribution is -2.49. The molecule has 0 saturated carbocycles. The number of amides is 1. The highest BCUT2D eigenvalue weighted by molar-refractivity contribution is 5.82. The van der Waals surface area contributed by atoms with Crippen molar-refractivity contribution in [2.24, 2.45) is 5.41 Å². The number of rotatable bonds is 3. The van der Waals surface area contributed by atoms with Crippen molar-refractivity contribution in [3.05, 3.63) is 35.6 Å². The maximum Gasteiger partial charge on any atom is 0.228 e. The topological polar surface area (TPSA) is 55.8 Å². The highest BCUT2D eigenvalue weighted by atomic mass is 19.1. The molecule has 5 nitrogen and oxygen atoms in total. The summed E-state index contributed by atoms with van der Waals surface area (Å²) in [5.74, 6) is -0.0934. The van der Waals surface area contributed by atoms with Gasteiger partial charge in [0.1, 0.15) is 5.82 Å². The molecule has 1 amide bonds. The summed E-state index contributed by atoms with van der Waals surface area (Å²) >= 11 is 0. The summed E-state index contributed by atoms with van der Waals surface area (Å²) in [6.45, 7) is 6.52. The third-order valence-corrected chi connectivity index (χ3v) is 5.39. The van der Waals surface area contributed by atoms with E-state index in [9.17, 15) is 14.3 Å². The van der Waals surface area contributed by atoms with Crippen LogP contribution in [0.2, 0.25) is 0 Å². The van der Waals surface area contributed by atoms with Gasteiger partial charge in [-0.2, -0.15) is 0 Å². The van der Waals surface area contributed by atoms with Crippen molar-refractivity contribution < 1.29 is 14.3 Å². The van der Waals surface area contributed by atoms with Gasteiger partial charge in [0.15, 0.2) is 0 Å². The SMILES string of the molecule is CC1(C(=O)N2CCN(Cc3cccc(F)c3)C[C@H](O)C2)CCNCC1. The lowest BCUT2D eigenvalue weighted by atomic mass is 9.79. The van der Waals surface area contributed by atoms with Crippen LogP contribution in [0.5, 0.6) is 0 Å². The maximum atomic E-state index is 13.4. The minimum Gasteiger partial charge on any atom is -0.390 e. The zero-order valence-corrected chi connectivity index (χ0v) is 14.9. The van der Waals surface area contributed by atoms with Gasteiger partial charge in [-0.25, -0.2) is 4.39 Å². The number of halogens is 1. The molecule has 1 aromatic rings. The first-order valence-electron chi connectivity index (χ1n) is 9.11. The van der Waals surface area contributed by atoms with Crippen LogP contribution in [0.1, 0.15) is 25.3 Å². The fourth-order valence-electron chi connectivity index (χ4n) is 3.85. The summed E-state index contributed by atoms with van der Waals surface area (Å²) in [5.41, 5.74) is 0.556. The largest absolute Gasteiger partial charge is 0.390 e. The fraction of sp³-hybridized carbons (Fsp3) is 0.632. The van der Waals surface area contributed by atoms with E-state index in [-0.39, 0.29) is 17.1 Å². The zero-order valence-electron chi connectivity index (χ0n) is 14.9. The van der Waals surface area contributed by atoms with Crippen molar-refractivity contribution in [1.29, 1.82) is 0 Å². The Morgan fingerprint density at radius 3 is 2.80 bits per heavy atom. The molecule has 0 aliphatic carbocycles. The third kappa shape index (κ3) is 4.57. The van der Waals surface area contributed by atoms with Crippen LogP contribution >= 0.6 is 0 Å². The van der Waals surface area contributed by atoms with Gasteiger partial charge in [0.05, 0.1) is 6.10 Å². The van der Waals surface area contributed by atoms with Crippen LogP contribution in [0.4, 0.5) is 4.39 Å². The monoisotopic (exact) mass is 349 g/mol. The van der Waals surface area contributed by atoms with Crippen LogP contribution in [-0.2, 0) is 11.3 Å². The third-order valence-electron chi connectivity index (χ3n) is 5.39. The van der Waals surface area contributed by atoms with E-state index in [0.717, 1.165) is 31.5 Å². The van der Waals surface area contributed by atoms with Gasteiger partial charge in [-0.05, 0) is 43.6 Å². The van der Waals surface area contributed by atoms with Crippen molar-refractivity contribution >= 4 is 5.91 Å². The summed E-state index contributed by atoms with van der Waals surface area (Å²) < 4.78 is 13.4. The number of β-amino-alcohol motifs (C(OH)–C–C–N with tert-alkyl or cyclic N) is 1. The number of carbonyl (C=O) groups excluding carboxylic acids is 1. The predicted molar refractivity (Wildman–Crippen MR) is 94.5 cm³/mol. The summed E-state index contributed by atoms with van der Waals surface area (Å²) in [6.07, 6.45) is 1.10. The van der Waals surface area contributed by atoms with Crippen LogP contribution in [0.15, 0.2) is 24.3 Å². The van der Waals surface area contributed by atoms with Gasteiger partial charge in [0.2, 0.25) is 5.91 Å². The number of hydrogen-bond acceptors (Lipinski definition) is 4. The van der Waals surface area contributed by atoms with Crippen LogP contribution in [-0.4, -0.2) is 66.2 Å².